The average molecular weight is 447 g/mol. The Morgan fingerprint density at radius 1 is 0.853 bits per heavy atom. The van der Waals surface area contributed by atoms with Gasteiger partial charge >= 0.3 is 0 Å². The lowest BCUT2D eigenvalue weighted by Gasteiger charge is -2.33. The lowest BCUT2D eigenvalue weighted by Crippen LogP contribution is -2.40. The van der Waals surface area contributed by atoms with Gasteiger partial charge in [-0.15, -0.1) is 0 Å². The SMILES string of the molecule is O=C(Cc1cccc2ccccc12)N1CCC(n2c(-c3ccccn3)nc3ccccc32)CC1. The van der Waals surface area contributed by atoms with Crippen molar-refractivity contribution in [1.29, 1.82) is 0 Å². The van der Waals surface area contributed by atoms with Crippen LogP contribution in [-0.2, 0) is 11.2 Å². The molecule has 5 heteroatoms. The molecular formula is C29H26N4O. The number of rotatable bonds is 4. The summed E-state index contributed by atoms with van der Waals surface area (Å²) in [5.41, 5.74) is 4.10. The number of carbonyl (C=O) groups is 1. The van der Waals surface area contributed by atoms with E-state index in [1.165, 1.54) is 5.39 Å². The molecule has 1 aliphatic rings. The van der Waals surface area contributed by atoms with Gasteiger partial charge in [0, 0.05) is 25.3 Å². The number of aromatic nitrogens is 3. The third kappa shape index (κ3) is 3.73. The summed E-state index contributed by atoms with van der Waals surface area (Å²) in [4.78, 5) is 24.7. The fourth-order valence-corrected chi connectivity index (χ4v) is 5.18. The monoisotopic (exact) mass is 446 g/mol. The third-order valence-corrected chi connectivity index (χ3v) is 6.89. The van der Waals surface area contributed by atoms with Crippen LogP contribution in [0.2, 0.25) is 0 Å². The maximum atomic E-state index is 13.2. The van der Waals surface area contributed by atoms with Gasteiger partial charge in [0.1, 0.15) is 5.69 Å². The molecule has 34 heavy (non-hydrogen) atoms. The summed E-state index contributed by atoms with van der Waals surface area (Å²) in [7, 11) is 0. The number of hydrogen-bond acceptors (Lipinski definition) is 3. The molecule has 0 atom stereocenters. The van der Waals surface area contributed by atoms with Crippen LogP contribution in [-0.4, -0.2) is 38.4 Å². The van der Waals surface area contributed by atoms with Crippen molar-refractivity contribution in [2.75, 3.05) is 13.1 Å². The van der Waals surface area contributed by atoms with Crippen LogP contribution in [0.3, 0.4) is 0 Å². The van der Waals surface area contributed by atoms with Gasteiger partial charge in [-0.3, -0.25) is 9.78 Å². The highest BCUT2D eigenvalue weighted by Gasteiger charge is 2.27. The Bertz CT molecular complexity index is 1460. The second kappa shape index (κ2) is 8.75. The highest BCUT2D eigenvalue weighted by Crippen LogP contribution is 2.33. The van der Waals surface area contributed by atoms with Crippen molar-refractivity contribution in [2.45, 2.75) is 25.3 Å². The number of nitrogens with zero attached hydrogens (tertiary/aromatic N) is 4. The first-order chi connectivity index (χ1) is 16.8. The quantitative estimate of drug-likeness (QED) is 0.358. The van der Waals surface area contributed by atoms with Crippen molar-refractivity contribution < 1.29 is 4.79 Å². The van der Waals surface area contributed by atoms with E-state index in [1.54, 1.807) is 0 Å². The minimum absolute atomic E-state index is 0.204. The summed E-state index contributed by atoms with van der Waals surface area (Å²) in [6, 6.07) is 29.0. The zero-order valence-electron chi connectivity index (χ0n) is 19.0. The first-order valence-corrected chi connectivity index (χ1v) is 11.9. The highest BCUT2D eigenvalue weighted by atomic mass is 16.2. The number of benzene rings is 3. The molecule has 0 unspecified atom stereocenters. The Kier molecular flexibility index (Phi) is 5.30. The molecule has 0 spiro atoms. The smallest absolute Gasteiger partial charge is 0.227 e. The van der Waals surface area contributed by atoms with Crippen LogP contribution in [0.5, 0.6) is 0 Å². The maximum Gasteiger partial charge on any atom is 0.227 e. The number of fused-ring (bicyclic) bond motifs is 2. The van der Waals surface area contributed by atoms with Crippen LogP contribution in [0, 0.1) is 0 Å². The molecule has 3 aromatic carbocycles. The molecule has 1 fully saturated rings. The molecule has 1 aliphatic heterocycles. The van der Waals surface area contributed by atoms with E-state index in [1.807, 2.05) is 53.6 Å². The highest BCUT2D eigenvalue weighted by molar-refractivity contribution is 5.90. The van der Waals surface area contributed by atoms with Crippen molar-refractivity contribution in [2.24, 2.45) is 0 Å². The van der Waals surface area contributed by atoms with E-state index in [9.17, 15) is 4.79 Å². The van der Waals surface area contributed by atoms with E-state index in [0.29, 0.717) is 6.42 Å². The number of amides is 1. The van der Waals surface area contributed by atoms with Crippen molar-refractivity contribution >= 4 is 27.7 Å². The Hall–Kier alpha value is -3.99. The molecule has 0 bridgehead atoms. The molecule has 5 aromatic rings. The summed E-state index contributed by atoms with van der Waals surface area (Å²) in [5.74, 6) is 1.11. The predicted octanol–water partition coefficient (Wildman–Crippen LogP) is 5.66. The Balaban J connectivity index is 1.23. The topological polar surface area (TPSA) is 51.0 Å². The number of pyridine rings is 1. The molecule has 5 nitrogen and oxygen atoms in total. The molecule has 0 radical (unpaired) electrons. The van der Waals surface area contributed by atoms with Crippen molar-refractivity contribution in [3.8, 4) is 11.5 Å². The van der Waals surface area contributed by atoms with Crippen molar-refractivity contribution in [3.05, 3.63) is 96.7 Å². The maximum absolute atomic E-state index is 13.2. The van der Waals surface area contributed by atoms with Crippen LogP contribution in [0.25, 0.3) is 33.3 Å². The van der Waals surface area contributed by atoms with E-state index in [4.69, 9.17) is 4.98 Å². The summed E-state index contributed by atoms with van der Waals surface area (Å²) in [6.45, 7) is 1.50. The molecule has 1 amide bonds. The second-order valence-electron chi connectivity index (χ2n) is 8.94. The van der Waals surface area contributed by atoms with Gasteiger partial charge in [0.15, 0.2) is 5.82 Å². The number of piperidine rings is 1. The van der Waals surface area contributed by atoms with Crippen molar-refractivity contribution in [3.63, 3.8) is 0 Å². The van der Waals surface area contributed by atoms with E-state index in [-0.39, 0.29) is 11.9 Å². The minimum atomic E-state index is 0.204. The van der Waals surface area contributed by atoms with Crippen molar-refractivity contribution in [1.82, 2.24) is 19.4 Å². The van der Waals surface area contributed by atoms with Crippen LogP contribution in [0.4, 0.5) is 0 Å². The lowest BCUT2D eigenvalue weighted by atomic mass is 10.00. The number of hydrogen-bond donors (Lipinski definition) is 0. The van der Waals surface area contributed by atoms with Gasteiger partial charge < -0.3 is 9.47 Å². The zero-order valence-corrected chi connectivity index (χ0v) is 19.0. The molecule has 0 saturated carbocycles. The van der Waals surface area contributed by atoms with Crippen LogP contribution >= 0.6 is 0 Å². The minimum Gasteiger partial charge on any atom is -0.342 e. The molecule has 2 aromatic heterocycles. The lowest BCUT2D eigenvalue weighted by molar-refractivity contribution is -0.131. The second-order valence-corrected chi connectivity index (χ2v) is 8.94. The van der Waals surface area contributed by atoms with E-state index >= 15 is 0 Å². The molecule has 1 saturated heterocycles. The first-order valence-electron chi connectivity index (χ1n) is 11.9. The number of para-hydroxylation sites is 2. The Labute approximate surface area is 198 Å². The summed E-state index contributed by atoms with van der Waals surface area (Å²) in [6.07, 6.45) is 4.07. The first kappa shape index (κ1) is 20.6. The normalized spacial score (nSPS) is 14.6. The number of likely N-dealkylation sites (tertiary alicyclic amines) is 1. The number of imidazole rings is 1. The van der Waals surface area contributed by atoms with Gasteiger partial charge in [0.05, 0.1) is 17.5 Å². The largest absolute Gasteiger partial charge is 0.342 e. The summed E-state index contributed by atoms with van der Waals surface area (Å²) < 4.78 is 2.34. The molecule has 6 rings (SSSR count). The molecule has 0 N–H and O–H groups in total. The zero-order chi connectivity index (χ0) is 22.9. The van der Waals surface area contributed by atoms with E-state index in [2.05, 4.69) is 52.0 Å². The van der Waals surface area contributed by atoms with Gasteiger partial charge in [0.2, 0.25) is 5.91 Å². The molecule has 3 heterocycles. The van der Waals surface area contributed by atoms with Gasteiger partial charge in [-0.2, -0.15) is 0 Å². The average Bonchev–Trinajstić information content (AvgIpc) is 3.29. The molecule has 0 aliphatic carbocycles. The van der Waals surface area contributed by atoms with Crippen LogP contribution in [0.15, 0.2) is 91.1 Å². The van der Waals surface area contributed by atoms with Gasteiger partial charge in [-0.1, -0.05) is 60.7 Å². The van der Waals surface area contributed by atoms with E-state index in [0.717, 1.165) is 59.4 Å². The van der Waals surface area contributed by atoms with Gasteiger partial charge in [-0.25, -0.2) is 4.98 Å². The fourth-order valence-electron chi connectivity index (χ4n) is 5.18. The third-order valence-electron chi connectivity index (χ3n) is 6.89. The predicted molar refractivity (Wildman–Crippen MR) is 135 cm³/mol. The van der Waals surface area contributed by atoms with Gasteiger partial charge in [-0.05, 0) is 53.4 Å². The molecular weight excluding hydrogens is 420 g/mol. The summed E-state index contributed by atoms with van der Waals surface area (Å²) >= 11 is 0. The van der Waals surface area contributed by atoms with Crippen LogP contribution < -0.4 is 0 Å². The Morgan fingerprint density at radius 2 is 1.62 bits per heavy atom. The number of carbonyl (C=O) groups excluding carboxylic acids is 1. The molecule has 168 valence electrons. The van der Waals surface area contributed by atoms with Gasteiger partial charge in [0.25, 0.3) is 0 Å². The van der Waals surface area contributed by atoms with E-state index < -0.39 is 0 Å². The fraction of sp³-hybridized carbons (Fsp3) is 0.207. The Morgan fingerprint density at radius 3 is 2.47 bits per heavy atom. The summed E-state index contributed by atoms with van der Waals surface area (Å²) in [5, 5.41) is 2.35. The standard InChI is InChI=1S/C29H26N4O/c34-28(20-22-10-7-9-21-8-1-2-11-24(21)22)32-18-15-23(16-19-32)33-27-14-4-3-12-25(27)31-29(33)26-13-5-6-17-30-26/h1-14,17,23H,15-16,18-20H2. The van der Waals surface area contributed by atoms with Crippen LogP contribution in [0.1, 0.15) is 24.4 Å².